The Balaban J connectivity index is 1.67. The first kappa shape index (κ1) is 21.4. The number of nitrogens with one attached hydrogen (secondary N) is 1. The van der Waals surface area contributed by atoms with Gasteiger partial charge in [0.15, 0.2) is 0 Å². The Morgan fingerprint density at radius 2 is 1.69 bits per heavy atom. The summed E-state index contributed by atoms with van der Waals surface area (Å²) in [5.41, 5.74) is 0.568. The molecule has 0 bridgehead atoms. The lowest BCUT2D eigenvalue weighted by Crippen LogP contribution is -2.25. The number of aromatic hydroxyl groups is 3. The molecule has 1 aromatic carbocycles. The number of nitriles is 1. The number of amides is 1. The van der Waals surface area contributed by atoms with Gasteiger partial charge in [-0.25, -0.2) is 4.79 Å². The van der Waals surface area contributed by atoms with Gasteiger partial charge in [0.2, 0.25) is 11.8 Å². The van der Waals surface area contributed by atoms with Crippen molar-refractivity contribution in [3.8, 4) is 23.6 Å². The molecule has 152 valence electrons. The van der Waals surface area contributed by atoms with Crippen LogP contribution in [0.15, 0.2) is 42.0 Å². The molecule has 0 atom stereocenters. The molecule has 0 saturated heterocycles. The topological polar surface area (TPSA) is 145 Å². The number of phenolic OH excluding ortho intramolecular Hbond substituents is 1. The second kappa shape index (κ2) is 10.4. The highest BCUT2D eigenvalue weighted by atomic mass is 16.7. The quantitative estimate of drug-likeness (QED) is 0.286. The number of carbonyl (C=O) groups excluding carboxylic acids is 2. The molecular formula is C20H21N3O6. The van der Waals surface area contributed by atoms with Gasteiger partial charge < -0.3 is 25.5 Å². The van der Waals surface area contributed by atoms with E-state index in [0.29, 0.717) is 36.1 Å². The van der Waals surface area contributed by atoms with Crippen LogP contribution in [0.5, 0.6) is 17.5 Å². The van der Waals surface area contributed by atoms with Crippen molar-refractivity contribution >= 4 is 18.0 Å². The van der Waals surface area contributed by atoms with Gasteiger partial charge in [0, 0.05) is 25.1 Å². The molecule has 2 rings (SSSR count). The minimum atomic E-state index is -0.612. The fraction of sp³-hybridized carbons (Fsp3) is 0.250. The van der Waals surface area contributed by atoms with E-state index in [-0.39, 0.29) is 29.5 Å². The Bertz CT molecular complexity index is 905. The van der Waals surface area contributed by atoms with Crippen molar-refractivity contribution in [1.82, 2.24) is 10.0 Å². The molecule has 0 saturated carbocycles. The van der Waals surface area contributed by atoms with Crippen molar-refractivity contribution in [3.05, 3.63) is 47.5 Å². The number of hydrogen-bond donors (Lipinski definition) is 4. The van der Waals surface area contributed by atoms with Crippen molar-refractivity contribution in [2.24, 2.45) is 0 Å². The van der Waals surface area contributed by atoms with Crippen LogP contribution in [0, 0.1) is 11.3 Å². The summed E-state index contributed by atoms with van der Waals surface area (Å²) in [6.45, 7) is 0.335. The van der Waals surface area contributed by atoms with E-state index in [9.17, 15) is 24.9 Å². The largest absolute Gasteiger partial charge is 0.508 e. The van der Waals surface area contributed by atoms with Crippen molar-refractivity contribution < 1.29 is 29.7 Å². The molecule has 1 amide bonds. The Hall–Kier alpha value is -3.93. The van der Waals surface area contributed by atoms with Crippen LogP contribution in [0.3, 0.4) is 0 Å². The smallest absolute Gasteiger partial charge is 0.333 e. The predicted octanol–water partition coefficient (Wildman–Crippen LogP) is 1.84. The average Bonchev–Trinajstić information content (AvgIpc) is 3.02. The average molecular weight is 399 g/mol. The Kier molecular flexibility index (Phi) is 7.68. The lowest BCUT2D eigenvalue weighted by atomic mass is 10.1. The second-order valence-electron chi connectivity index (χ2n) is 6.14. The van der Waals surface area contributed by atoms with Gasteiger partial charge in [-0.1, -0.05) is 18.6 Å². The van der Waals surface area contributed by atoms with Crippen molar-refractivity contribution in [2.45, 2.75) is 25.7 Å². The fourth-order valence-electron chi connectivity index (χ4n) is 2.40. The summed E-state index contributed by atoms with van der Waals surface area (Å²) in [5.74, 6) is -1.78. The maximum absolute atomic E-state index is 12.1. The lowest BCUT2D eigenvalue weighted by Gasteiger charge is -2.07. The van der Waals surface area contributed by atoms with Gasteiger partial charge in [-0.3, -0.25) is 4.79 Å². The SMILES string of the molecule is N#CC(=Cc1ccc(O)cc1)C(=O)NCCCCCC(=O)On1c(O)ccc1O. The standard InChI is InChI=1S/C20H21N3O6/c21-13-15(12-14-5-7-16(24)8-6-14)20(28)22-11-3-1-2-4-19(27)29-23-17(25)9-10-18(23)26/h5-10,12,24-26H,1-4,11H2,(H,22,28). The Morgan fingerprint density at radius 1 is 1.03 bits per heavy atom. The highest BCUT2D eigenvalue weighted by Crippen LogP contribution is 2.19. The van der Waals surface area contributed by atoms with Crippen LogP contribution >= 0.6 is 0 Å². The number of unbranched alkanes of at least 4 members (excludes halogenated alkanes) is 2. The highest BCUT2D eigenvalue weighted by Gasteiger charge is 2.12. The number of phenols is 1. The summed E-state index contributed by atoms with van der Waals surface area (Å²) in [6, 6.07) is 10.3. The minimum absolute atomic E-state index is 0.0504. The molecule has 0 aliphatic carbocycles. The molecule has 1 aromatic heterocycles. The molecule has 0 aliphatic rings. The van der Waals surface area contributed by atoms with Crippen molar-refractivity contribution in [1.29, 1.82) is 5.26 Å². The molecule has 4 N–H and O–H groups in total. The van der Waals surface area contributed by atoms with Gasteiger partial charge in [0.05, 0.1) is 0 Å². The number of rotatable bonds is 9. The molecule has 0 unspecified atom stereocenters. The summed E-state index contributed by atoms with van der Waals surface area (Å²) >= 11 is 0. The number of nitrogens with zero attached hydrogens (tertiary/aromatic N) is 2. The molecule has 9 nitrogen and oxygen atoms in total. The Morgan fingerprint density at radius 3 is 2.31 bits per heavy atom. The second-order valence-corrected chi connectivity index (χ2v) is 6.14. The first-order valence-electron chi connectivity index (χ1n) is 8.90. The summed E-state index contributed by atoms with van der Waals surface area (Å²) in [6.07, 6.45) is 3.22. The molecule has 0 radical (unpaired) electrons. The van der Waals surface area contributed by atoms with E-state index in [1.165, 1.54) is 30.3 Å². The zero-order valence-corrected chi connectivity index (χ0v) is 15.5. The first-order chi connectivity index (χ1) is 13.9. The van der Waals surface area contributed by atoms with E-state index < -0.39 is 11.9 Å². The third-order valence-corrected chi connectivity index (χ3v) is 3.90. The van der Waals surface area contributed by atoms with Gasteiger partial charge in [0.25, 0.3) is 5.91 Å². The molecular weight excluding hydrogens is 378 g/mol. The third kappa shape index (κ3) is 6.62. The molecule has 0 fully saturated rings. The minimum Gasteiger partial charge on any atom is -0.508 e. The van der Waals surface area contributed by atoms with E-state index in [4.69, 9.17) is 10.1 Å². The highest BCUT2D eigenvalue weighted by molar-refractivity contribution is 6.01. The van der Waals surface area contributed by atoms with E-state index in [0.717, 1.165) is 0 Å². The molecule has 9 heteroatoms. The molecule has 1 heterocycles. The van der Waals surface area contributed by atoms with Crippen LogP contribution in [0.4, 0.5) is 0 Å². The number of carbonyl (C=O) groups is 2. The maximum Gasteiger partial charge on any atom is 0.333 e. The summed E-state index contributed by atoms with van der Waals surface area (Å²) in [4.78, 5) is 28.6. The summed E-state index contributed by atoms with van der Waals surface area (Å²) in [7, 11) is 0. The van der Waals surface area contributed by atoms with E-state index >= 15 is 0 Å². The van der Waals surface area contributed by atoms with Crippen LogP contribution in [-0.2, 0) is 9.59 Å². The zero-order valence-electron chi connectivity index (χ0n) is 15.5. The first-order valence-corrected chi connectivity index (χ1v) is 8.90. The summed E-state index contributed by atoms with van der Waals surface area (Å²) < 4.78 is 0.631. The number of aromatic nitrogens is 1. The maximum atomic E-state index is 12.1. The monoisotopic (exact) mass is 399 g/mol. The van der Waals surface area contributed by atoms with Crippen molar-refractivity contribution in [2.75, 3.05) is 6.54 Å². The number of benzene rings is 1. The molecule has 0 spiro atoms. The molecule has 29 heavy (non-hydrogen) atoms. The predicted molar refractivity (Wildman–Crippen MR) is 103 cm³/mol. The van der Waals surface area contributed by atoms with Crippen LogP contribution in [-0.4, -0.2) is 38.5 Å². The zero-order chi connectivity index (χ0) is 21.2. The van der Waals surface area contributed by atoms with E-state index in [2.05, 4.69) is 5.32 Å². The molecule has 0 aliphatic heterocycles. The van der Waals surface area contributed by atoms with E-state index in [1.54, 1.807) is 12.1 Å². The van der Waals surface area contributed by atoms with Gasteiger partial charge >= 0.3 is 5.97 Å². The number of hydrogen-bond acceptors (Lipinski definition) is 7. The normalized spacial score (nSPS) is 10.9. The third-order valence-electron chi connectivity index (χ3n) is 3.90. The van der Waals surface area contributed by atoms with E-state index in [1.807, 2.05) is 6.07 Å². The molecule has 2 aromatic rings. The van der Waals surface area contributed by atoms with Gasteiger partial charge in [-0.15, -0.1) is 4.73 Å². The van der Waals surface area contributed by atoms with Gasteiger partial charge in [-0.2, -0.15) is 5.26 Å². The Labute approximate surface area is 167 Å². The van der Waals surface area contributed by atoms with Crippen LogP contribution in [0.2, 0.25) is 0 Å². The lowest BCUT2D eigenvalue weighted by molar-refractivity contribution is -0.145. The van der Waals surface area contributed by atoms with Crippen LogP contribution in [0.25, 0.3) is 6.08 Å². The van der Waals surface area contributed by atoms with Gasteiger partial charge in [0.1, 0.15) is 17.4 Å². The van der Waals surface area contributed by atoms with Crippen molar-refractivity contribution in [3.63, 3.8) is 0 Å². The fourth-order valence-corrected chi connectivity index (χ4v) is 2.40. The van der Waals surface area contributed by atoms with Gasteiger partial charge in [-0.05, 0) is 36.6 Å². The van der Waals surface area contributed by atoms with Crippen LogP contribution in [0.1, 0.15) is 31.2 Å². The summed E-state index contributed by atoms with van der Waals surface area (Å²) in [5, 5.41) is 39.8. The van der Waals surface area contributed by atoms with Crippen LogP contribution < -0.4 is 10.2 Å².